The second-order valence-corrected chi connectivity index (χ2v) is 6.88. The first-order valence-corrected chi connectivity index (χ1v) is 9.24. The van der Waals surface area contributed by atoms with Gasteiger partial charge in [-0.2, -0.15) is 0 Å². The fraction of sp³-hybridized carbons (Fsp3) is 0.842. The highest BCUT2D eigenvalue weighted by atomic mass is 16.6. The van der Waals surface area contributed by atoms with Gasteiger partial charge in [0.05, 0.1) is 18.8 Å². The highest BCUT2D eigenvalue weighted by Gasteiger charge is 2.43. The molecule has 0 N–H and O–H groups in total. The van der Waals surface area contributed by atoms with Crippen molar-refractivity contribution in [1.29, 1.82) is 0 Å². The van der Waals surface area contributed by atoms with Crippen LogP contribution >= 0.6 is 0 Å². The van der Waals surface area contributed by atoms with Crippen molar-refractivity contribution in [2.75, 3.05) is 6.61 Å². The summed E-state index contributed by atoms with van der Waals surface area (Å²) in [6, 6.07) is 0. The Bertz CT molecular complexity index is 340. The zero-order chi connectivity index (χ0) is 15.6. The SMILES string of the molecule is C=CC(=O)OCCCCCCCCCCC1CCC2OC2C1. The summed E-state index contributed by atoms with van der Waals surface area (Å²) in [5, 5.41) is 0. The van der Waals surface area contributed by atoms with Crippen molar-refractivity contribution in [3.63, 3.8) is 0 Å². The highest BCUT2D eigenvalue weighted by molar-refractivity contribution is 5.81. The molecular weight excluding hydrogens is 276 g/mol. The van der Waals surface area contributed by atoms with Crippen LogP contribution in [0.2, 0.25) is 0 Å². The topological polar surface area (TPSA) is 38.8 Å². The molecule has 0 bridgehead atoms. The average Bonchev–Trinajstić information content (AvgIpc) is 3.30. The first kappa shape index (κ1) is 17.5. The normalized spacial score (nSPS) is 26.3. The zero-order valence-electron chi connectivity index (χ0n) is 13.9. The number of epoxide rings is 1. The van der Waals surface area contributed by atoms with Crippen LogP contribution in [0, 0.1) is 5.92 Å². The lowest BCUT2D eigenvalue weighted by molar-refractivity contribution is -0.137. The van der Waals surface area contributed by atoms with Crippen molar-refractivity contribution in [1.82, 2.24) is 0 Å². The minimum Gasteiger partial charge on any atom is -0.463 e. The molecule has 0 radical (unpaired) electrons. The van der Waals surface area contributed by atoms with Gasteiger partial charge < -0.3 is 9.47 Å². The molecule has 0 aromatic carbocycles. The van der Waals surface area contributed by atoms with E-state index in [9.17, 15) is 4.79 Å². The molecule has 0 aromatic heterocycles. The second-order valence-electron chi connectivity index (χ2n) is 6.88. The molecule has 2 rings (SSSR count). The first-order chi connectivity index (χ1) is 10.8. The monoisotopic (exact) mass is 308 g/mol. The molecule has 2 aliphatic rings. The van der Waals surface area contributed by atoms with Crippen molar-refractivity contribution in [2.45, 2.75) is 89.3 Å². The van der Waals surface area contributed by atoms with E-state index in [1.807, 2.05) is 0 Å². The summed E-state index contributed by atoms with van der Waals surface area (Å²) < 4.78 is 10.5. The van der Waals surface area contributed by atoms with Gasteiger partial charge in [-0.25, -0.2) is 4.79 Å². The number of carbonyl (C=O) groups is 1. The number of carbonyl (C=O) groups excluding carboxylic acids is 1. The van der Waals surface area contributed by atoms with Gasteiger partial charge in [-0.1, -0.05) is 57.9 Å². The van der Waals surface area contributed by atoms with Gasteiger partial charge in [-0.05, 0) is 31.6 Å². The molecule has 1 aliphatic carbocycles. The van der Waals surface area contributed by atoms with Crippen molar-refractivity contribution < 1.29 is 14.3 Å². The van der Waals surface area contributed by atoms with Gasteiger partial charge in [-0.3, -0.25) is 0 Å². The molecule has 3 heteroatoms. The highest BCUT2D eigenvalue weighted by Crippen LogP contribution is 2.41. The number of fused-ring (bicyclic) bond motifs is 1. The molecule has 2 fully saturated rings. The van der Waals surface area contributed by atoms with Gasteiger partial charge in [0.1, 0.15) is 0 Å². The van der Waals surface area contributed by atoms with Crippen LogP contribution in [-0.4, -0.2) is 24.8 Å². The van der Waals surface area contributed by atoms with E-state index >= 15 is 0 Å². The maximum atomic E-state index is 10.8. The molecule has 126 valence electrons. The summed E-state index contributed by atoms with van der Waals surface area (Å²) in [5.74, 6) is 0.642. The zero-order valence-corrected chi connectivity index (χ0v) is 13.9. The van der Waals surface area contributed by atoms with Gasteiger partial charge in [0.15, 0.2) is 0 Å². The molecule has 1 saturated carbocycles. The van der Waals surface area contributed by atoms with Gasteiger partial charge in [0.25, 0.3) is 0 Å². The summed E-state index contributed by atoms with van der Waals surface area (Å²) in [7, 11) is 0. The van der Waals surface area contributed by atoms with E-state index in [0.29, 0.717) is 18.8 Å². The van der Waals surface area contributed by atoms with Crippen LogP contribution < -0.4 is 0 Å². The van der Waals surface area contributed by atoms with E-state index in [2.05, 4.69) is 6.58 Å². The molecule has 1 heterocycles. The Labute approximate surface area is 135 Å². The molecule has 0 aromatic rings. The third-order valence-electron chi connectivity index (χ3n) is 5.03. The molecular formula is C19H32O3. The summed E-state index contributed by atoms with van der Waals surface area (Å²) >= 11 is 0. The maximum Gasteiger partial charge on any atom is 0.330 e. The van der Waals surface area contributed by atoms with Crippen molar-refractivity contribution >= 4 is 5.97 Å². The number of unbranched alkanes of at least 4 members (excludes halogenated alkanes) is 7. The van der Waals surface area contributed by atoms with Crippen LogP contribution in [0.1, 0.15) is 77.0 Å². The maximum absolute atomic E-state index is 10.8. The lowest BCUT2D eigenvalue weighted by Crippen LogP contribution is -2.13. The standard InChI is InChI=1S/C19H32O3/c1-2-19(20)21-14-10-8-6-4-3-5-7-9-11-16-12-13-17-18(15-16)22-17/h2,16-18H,1,3-15H2. The van der Waals surface area contributed by atoms with Gasteiger partial charge in [0, 0.05) is 6.08 Å². The van der Waals surface area contributed by atoms with E-state index in [4.69, 9.17) is 9.47 Å². The summed E-state index contributed by atoms with van der Waals surface area (Å²) in [4.78, 5) is 10.8. The lowest BCUT2D eigenvalue weighted by atomic mass is 9.85. The second kappa shape index (κ2) is 10.0. The minimum atomic E-state index is -0.304. The van der Waals surface area contributed by atoms with E-state index in [1.165, 1.54) is 70.3 Å². The Morgan fingerprint density at radius 3 is 2.36 bits per heavy atom. The smallest absolute Gasteiger partial charge is 0.330 e. The Balaban J connectivity index is 1.29. The lowest BCUT2D eigenvalue weighted by Gasteiger charge is -2.18. The Morgan fingerprint density at radius 1 is 1.00 bits per heavy atom. The average molecular weight is 308 g/mol. The van der Waals surface area contributed by atoms with Crippen LogP contribution in [0.4, 0.5) is 0 Å². The van der Waals surface area contributed by atoms with Crippen molar-refractivity contribution in [3.8, 4) is 0 Å². The molecule has 1 aliphatic heterocycles. The van der Waals surface area contributed by atoms with Crippen LogP contribution in [0.25, 0.3) is 0 Å². The van der Waals surface area contributed by atoms with Crippen molar-refractivity contribution in [3.05, 3.63) is 12.7 Å². The third kappa shape index (κ3) is 6.95. The summed E-state index contributed by atoms with van der Waals surface area (Å²) in [6.45, 7) is 3.92. The molecule has 0 spiro atoms. The number of esters is 1. The van der Waals surface area contributed by atoms with Gasteiger partial charge >= 0.3 is 5.97 Å². The van der Waals surface area contributed by atoms with Crippen LogP contribution in [0.3, 0.4) is 0 Å². The van der Waals surface area contributed by atoms with Gasteiger partial charge in [-0.15, -0.1) is 0 Å². The first-order valence-electron chi connectivity index (χ1n) is 9.24. The van der Waals surface area contributed by atoms with E-state index in [0.717, 1.165) is 18.8 Å². The summed E-state index contributed by atoms with van der Waals surface area (Å²) in [6.07, 6.45) is 18.2. The fourth-order valence-electron chi connectivity index (χ4n) is 3.58. The van der Waals surface area contributed by atoms with Crippen molar-refractivity contribution in [2.24, 2.45) is 5.92 Å². The van der Waals surface area contributed by atoms with Crippen LogP contribution in [-0.2, 0) is 14.3 Å². The molecule has 22 heavy (non-hydrogen) atoms. The van der Waals surface area contributed by atoms with Gasteiger partial charge in [0.2, 0.25) is 0 Å². The third-order valence-corrected chi connectivity index (χ3v) is 5.03. The largest absolute Gasteiger partial charge is 0.463 e. The predicted octanol–water partition coefficient (Wildman–Crippen LogP) is 4.79. The minimum absolute atomic E-state index is 0.304. The molecule has 0 amide bonds. The quantitative estimate of drug-likeness (QED) is 0.225. The molecule has 3 unspecified atom stereocenters. The van der Waals surface area contributed by atoms with Crippen LogP contribution in [0.5, 0.6) is 0 Å². The Kier molecular flexibility index (Phi) is 8.00. The molecule has 3 nitrogen and oxygen atoms in total. The number of ether oxygens (including phenoxy) is 2. The van der Waals surface area contributed by atoms with Crippen LogP contribution in [0.15, 0.2) is 12.7 Å². The number of hydrogen-bond donors (Lipinski definition) is 0. The Morgan fingerprint density at radius 2 is 1.68 bits per heavy atom. The van der Waals surface area contributed by atoms with E-state index in [-0.39, 0.29) is 5.97 Å². The molecule has 1 saturated heterocycles. The summed E-state index contributed by atoms with van der Waals surface area (Å²) in [5.41, 5.74) is 0. The predicted molar refractivity (Wildman–Crippen MR) is 88.7 cm³/mol. The van der Waals surface area contributed by atoms with E-state index < -0.39 is 0 Å². The number of rotatable bonds is 12. The fourth-order valence-corrected chi connectivity index (χ4v) is 3.58. The molecule has 3 atom stereocenters. The van der Waals surface area contributed by atoms with E-state index in [1.54, 1.807) is 0 Å². The Hall–Kier alpha value is -0.830. The number of hydrogen-bond acceptors (Lipinski definition) is 3.